The van der Waals surface area contributed by atoms with Gasteiger partial charge in [0.25, 0.3) is 0 Å². The van der Waals surface area contributed by atoms with E-state index in [0.29, 0.717) is 35.1 Å². The van der Waals surface area contributed by atoms with Crippen molar-refractivity contribution in [2.24, 2.45) is 0 Å². The molecule has 1 fully saturated rings. The Morgan fingerprint density at radius 2 is 1.42 bits per heavy atom. The third kappa shape index (κ3) is 6.54. The van der Waals surface area contributed by atoms with Gasteiger partial charge in [0.15, 0.2) is 12.2 Å². The van der Waals surface area contributed by atoms with Crippen LogP contribution in [0, 0.1) is 0 Å². The van der Waals surface area contributed by atoms with E-state index in [2.05, 4.69) is 0 Å². The van der Waals surface area contributed by atoms with E-state index < -0.39 is 36.5 Å². The first-order valence-electron chi connectivity index (χ1n) is 11.3. The molecule has 0 unspecified atom stereocenters. The van der Waals surface area contributed by atoms with Gasteiger partial charge in [0.2, 0.25) is 6.29 Å². The molecule has 36 heavy (non-hydrogen) atoms. The number of hydrogen-bond donors (Lipinski definition) is 1. The van der Waals surface area contributed by atoms with Gasteiger partial charge in [-0.05, 0) is 48.5 Å². The minimum Gasteiger partial charge on any atom is -0.492 e. The summed E-state index contributed by atoms with van der Waals surface area (Å²) >= 11 is 5.63. The van der Waals surface area contributed by atoms with Crippen molar-refractivity contribution in [1.29, 1.82) is 0 Å². The van der Waals surface area contributed by atoms with Gasteiger partial charge in [0.05, 0.1) is 17.0 Å². The van der Waals surface area contributed by atoms with Crippen molar-refractivity contribution in [2.75, 3.05) is 19.1 Å². The number of hydrogen-bond acceptors (Lipinski definition) is 8. The van der Waals surface area contributed by atoms with Crippen molar-refractivity contribution in [1.82, 2.24) is 0 Å². The van der Waals surface area contributed by atoms with E-state index in [1.165, 1.54) is 0 Å². The lowest BCUT2D eigenvalue weighted by atomic mass is 10.1. The summed E-state index contributed by atoms with van der Waals surface area (Å²) in [5, 5.41) is 10.9. The van der Waals surface area contributed by atoms with Crippen LogP contribution in [0.4, 0.5) is 0 Å². The lowest BCUT2D eigenvalue weighted by Crippen LogP contribution is -2.40. The molecule has 0 aromatic heterocycles. The summed E-state index contributed by atoms with van der Waals surface area (Å²) in [5.74, 6) is 0.145. The summed E-state index contributed by atoms with van der Waals surface area (Å²) in [6.45, 7) is 0.104. The third-order valence-electron chi connectivity index (χ3n) is 5.35. The molecule has 1 N–H and O–H groups in total. The number of esters is 2. The highest BCUT2D eigenvalue weighted by atomic mass is 35.5. The highest BCUT2D eigenvalue weighted by molar-refractivity contribution is 6.18. The SMILES string of the molecule is O=C(OC[C@H]1O[C@H](Oc2ccc(OCCCl)cc2)[C@@H](O)[C@@H]1OC(=O)c1ccccc1)c1ccccc1. The Hall–Kier alpha value is -3.59. The molecular formula is C27H25ClO8. The van der Waals surface area contributed by atoms with Gasteiger partial charge >= 0.3 is 11.9 Å². The van der Waals surface area contributed by atoms with Crippen molar-refractivity contribution < 1.29 is 38.4 Å². The summed E-state index contributed by atoms with van der Waals surface area (Å²) < 4.78 is 28.0. The zero-order valence-electron chi connectivity index (χ0n) is 19.2. The maximum atomic E-state index is 12.7. The number of carbonyl (C=O) groups excluding carboxylic acids is 2. The second-order valence-corrected chi connectivity index (χ2v) is 8.24. The van der Waals surface area contributed by atoms with Crippen LogP contribution in [0.25, 0.3) is 0 Å². The fourth-order valence-electron chi connectivity index (χ4n) is 3.57. The van der Waals surface area contributed by atoms with Gasteiger partial charge in [0.1, 0.15) is 30.8 Å². The molecule has 1 aliphatic heterocycles. The monoisotopic (exact) mass is 512 g/mol. The highest BCUT2D eigenvalue weighted by Crippen LogP contribution is 2.29. The third-order valence-corrected chi connectivity index (χ3v) is 5.51. The Morgan fingerprint density at radius 3 is 2.03 bits per heavy atom. The van der Waals surface area contributed by atoms with Crippen LogP contribution in [-0.2, 0) is 14.2 Å². The van der Waals surface area contributed by atoms with E-state index in [4.69, 9.17) is 35.3 Å². The molecule has 1 heterocycles. The topological polar surface area (TPSA) is 101 Å². The molecular weight excluding hydrogens is 488 g/mol. The first kappa shape index (κ1) is 25.5. The lowest BCUT2D eigenvalue weighted by molar-refractivity contribution is -0.117. The van der Waals surface area contributed by atoms with Crippen LogP contribution in [0.15, 0.2) is 84.9 Å². The summed E-state index contributed by atoms with van der Waals surface area (Å²) in [7, 11) is 0. The molecule has 0 bridgehead atoms. The maximum Gasteiger partial charge on any atom is 0.338 e. The minimum atomic E-state index is -1.34. The molecule has 0 spiro atoms. The first-order chi connectivity index (χ1) is 17.5. The van der Waals surface area contributed by atoms with Crippen LogP contribution in [0.1, 0.15) is 20.7 Å². The zero-order chi connectivity index (χ0) is 25.3. The Bertz CT molecular complexity index is 1120. The Balaban J connectivity index is 1.45. The van der Waals surface area contributed by atoms with Crippen LogP contribution in [0.5, 0.6) is 11.5 Å². The molecule has 9 heteroatoms. The van der Waals surface area contributed by atoms with Gasteiger partial charge in [-0.1, -0.05) is 36.4 Å². The molecule has 0 amide bonds. The van der Waals surface area contributed by atoms with Gasteiger partial charge in [-0.25, -0.2) is 9.59 Å². The number of ether oxygens (including phenoxy) is 5. The Labute approximate surface area is 213 Å². The quantitative estimate of drug-likeness (QED) is 0.323. The van der Waals surface area contributed by atoms with Gasteiger partial charge < -0.3 is 28.8 Å². The molecule has 188 valence electrons. The average molecular weight is 513 g/mol. The second kappa shape index (κ2) is 12.4. The fourth-order valence-corrected chi connectivity index (χ4v) is 3.65. The maximum absolute atomic E-state index is 12.7. The van der Waals surface area contributed by atoms with Crippen molar-refractivity contribution in [2.45, 2.75) is 24.6 Å². The van der Waals surface area contributed by atoms with Crippen LogP contribution in [-0.4, -0.2) is 60.7 Å². The van der Waals surface area contributed by atoms with Crippen molar-refractivity contribution >= 4 is 23.5 Å². The van der Waals surface area contributed by atoms with E-state index >= 15 is 0 Å². The average Bonchev–Trinajstić information content (AvgIpc) is 3.21. The van der Waals surface area contributed by atoms with Gasteiger partial charge in [-0.3, -0.25) is 0 Å². The Kier molecular flexibility index (Phi) is 8.78. The molecule has 0 aliphatic carbocycles. The van der Waals surface area contributed by atoms with Crippen molar-refractivity contribution in [3.05, 3.63) is 96.1 Å². The standard InChI is InChI=1S/C27H25ClO8/c28-15-16-32-20-11-13-21(14-12-20)34-27-23(29)24(36-26(31)19-9-5-2-6-10-19)22(35-27)17-33-25(30)18-7-3-1-4-8-18/h1-14,22-24,27,29H,15-17H2/t22-,23+,24-,27+/m1/s1. The summed E-state index contributed by atoms with van der Waals surface area (Å²) in [6, 6.07) is 23.5. The second-order valence-electron chi connectivity index (χ2n) is 7.86. The number of alkyl halides is 1. The minimum absolute atomic E-state index is 0.261. The van der Waals surface area contributed by atoms with E-state index in [1.807, 2.05) is 0 Å². The molecule has 4 rings (SSSR count). The predicted molar refractivity (Wildman–Crippen MR) is 130 cm³/mol. The molecule has 4 atom stereocenters. The van der Waals surface area contributed by atoms with Gasteiger partial charge in [-0.2, -0.15) is 0 Å². The number of rotatable bonds is 10. The predicted octanol–water partition coefficient (Wildman–Crippen LogP) is 3.85. The number of carbonyl (C=O) groups is 2. The van der Waals surface area contributed by atoms with E-state index in [0.717, 1.165) is 0 Å². The zero-order valence-corrected chi connectivity index (χ0v) is 20.0. The van der Waals surface area contributed by atoms with E-state index in [9.17, 15) is 14.7 Å². The summed E-state index contributed by atoms with van der Waals surface area (Å²) in [6.07, 6.45) is -4.62. The fraction of sp³-hybridized carbons (Fsp3) is 0.259. The van der Waals surface area contributed by atoms with E-state index in [1.54, 1.807) is 84.9 Å². The van der Waals surface area contributed by atoms with E-state index in [-0.39, 0.29) is 6.61 Å². The molecule has 3 aromatic carbocycles. The lowest BCUT2D eigenvalue weighted by Gasteiger charge is -2.20. The largest absolute Gasteiger partial charge is 0.492 e. The normalized spacial score (nSPS) is 20.9. The number of benzene rings is 3. The molecule has 1 saturated heterocycles. The van der Waals surface area contributed by atoms with Crippen molar-refractivity contribution in [3.63, 3.8) is 0 Å². The molecule has 0 radical (unpaired) electrons. The summed E-state index contributed by atoms with van der Waals surface area (Å²) in [5.41, 5.74) is 0.666. The summed E-state index contributed by atoms with van der Waals surface area (Å²) in [4.78, 5) is 25.1. The molecule has 8 nitrogen and oxygen atoms in total. The first-order valence-corrected chi connectivity index (χ1v) is 11.9. The van der Waals surface area contributed by atoms with Crippen LogP contribution in [0.3, 0.4) is 0 Å². The molecule has 0 saturated carbocycles. The highest BCUT2D eigenvalue weighted by Gasteiger charge is 2.48. The van der Waals surface area contributed by atoms with Gasteiger partial charge in [0, 0.05) is 0 Å². The van der Waals surface area contributed by atoms with Crippen LogP contribution in [0.2, 0.25) is 0 Å². The van der Waals surface area contributed by atoms with Crippen molar-refractivity contribution in [3.8, 4) is 11.5 Å². The molecule has 1 aliphatic rings. The van der Waals surface area contributed by atoms with Crippen LogP contribution >= 0.6 is 11.6 Å². The smallest absolute Gasteiger partial charge is 0.338 e. The van der Waals surface area contributed by atoms with Gasteiger partial charge in [-0.15, -0.1) is 11.6 Å². The number of halogens is 1. The van der Waals surface area contributed by atoms with Crippen LogP contribution < -0.4 is 9.47 Å². The molecule has 3 aromatic rings. The Morgan fingerprint density at radius 1 is 0.833 bits per heavy atom. The number of aliphatic hydroxyl groups excluding tert-OH is 1. The number of aliphatic hydroxyl groups is 1.